The molecule has 0 spiro atoms. The monoisotopic (exact) mass is 303 g/mol. The lowest BCUT2D eigenvalue weighted by Gasteiger charge is -2.09. The summed E-state index contributed by atoms with van der Waals surface area (Å²) in [5, 5.41) is 11.6. The summed E-state index contributed by atoms with van der Waals surface area (Å²) in [5.74, 6) is 0.955. The van der Waals surface area contributed by atoms with Crippen molar-refractivity contribution in [2.75, 3.05) is 19.8 Å². The molecule has 0 atom stereocenters. The Bertz CT molecular complexity index is 769. The highest BCUT2D eigenvalue weighted by atomic mass is 16.5. The predicted octanol–water partition coefficient (Wildman–Crippen LogP) is -0.170. The summed E-state index contributed by atoms with van der Waals surface area (Å²) in [6.07, 6.45) is 1.77. The van der Waals surface area contributed by atoms with Gasteiger partial charge in [0, 0.05) is 19.5 Å². The van der Waals surface area contributed by atoms with Crippen molar-refractivity contribution < 1.29 is 14.6 Å². The molecular formula is C15H17N3O4. The summed E-state index contributed by atoms with van der Waals surface area (Å²) >= 11 is 0. The quantitative estimate of drug-likeness (QED) is 0.800. The highest BCUT2D eigenvalue weighted by Crippen LogP contribution is 2.19. The topological polar surface area (TPSA) is 93.5 Å². The maximum Gasteiger partial charge on any atom is 0.261 e. The number of benzene rings is 1. The number of carbonyl (C=O) groups excluding carboxylic acids is 1. The first kappa shape index (κ1) is 14.5. The molecule has 22 heavy (non-hydrogen) atoms. The molecule has 2 heterocycles. The largest absolute Gasteiger partial charge is 0.484 e. The maximum absolute atomic E-state index is 12.4. The standard InChI is InChI=1S/C15H17N3O4/c19-7-5-16-14(20)9-22-10-3-4-12-11(8-10)15(21)18-6-1-2-13(18)17-12/h3-4,8,19H,1-2,5-7,9H2,(H,16,20). The SMILES string of the molecule is O=C(COc1ccc2nc3n(c(=O)c2c1)CCC3)NCCO. The van der Waals surface area contributed by atoms with Crippen LogP contribution in [0.2, 0.25) is 0 Å². The number of rotatable bonds is 5. The highest BCUT2D eigenvalue weighted by Gasteiger charge is 2.16. The van der Waals surface area contributed by atoms with E-state index in [9.17, 15) is 9.59 Å². The molecule has 1 aromatic heterocycles. The summed E-state index contributed by atoms with van der Waals surface area (Å²) in [5.41, 5.74) is 0.586. The number of aliphatic hydroxyl groups excluding tert-OH is 1. The first-order chi connectivity index (χ1) is 10.7. The third kappa shape index (κ3) is 2.80. The van der Waals surface area contributed by atoms with Gasteiger partial charge in [-0.3, -0.25) is 14.2 Å². The van der Waals surface area contributed by atoms with Gasteiger partial charge in [0.25, 0.3) is 11.5 Å². The lowest BCUT2D eigenvalue weighted by molar-refractivity contribution is -0.123. The molecule has 0 saturated heterocycles. The minimum Gasteiger partial charge on any atom is -0.484 e. The van der Waals surface area contributed by atoms with E-state index >= 15 is 0 Å². The number of fused-ring (bicyclic) bond motifs is 2. The smallest absolute Gasteiger partial charge is 0.261 e. The maximum atomic E-state index is 12.4. The van der Waals surface area contributed by atoms with E-state index in [1.807, 2.05) is 0 Å². The van der Waals surface area contributed by atoms with Crippen LogP contribution in [0.4, 0.5) is 0 Å². The lowest BCUT2D eigenvalue weighted by atomic mass is 10.2. The van der Waals surface area contributed by atoms with Crippen LogP contribution in [0.1, 0.15) is 12.2 Å². The fourth-order valence-corrected chi connectivity index (χ4v) is 2.55. The van der Waals surface area contributed by atoms with Crippen LogP contribution >= 0.6 is 0 Å². The molecule has 0 saturated carbocycles. The van der Waals surface area contributed by atoms with Crippen LogP contribution in [0.25, 0.3) is 10.9 Å². The van der Waals surface area contributed by atoms with Crippen LogP contribution in [-0.2, 0) is 17.8 Å². The number of carbonyl (C=O) groups is 1. The van der Waals surface area contributed by atoms with E-state index in [4.69, 9.17) is 9.84 Å². The summed E-state index contributed by atoms with van der Waals surface area (Å²) in [7, 11) is 0. The zero-order valence-corrected chi connectivity index (χ0v) is 12.0. The Morgan fingerprint density at radius 1 is 1.45 bits per heavy atom. The number of aromatic nitrogens is 2. The van der Waals surface area contributed by atoms with Gasteiger partial charge in [-0.2, -0.15) is 0 Å². The van der Waals surface area contributed by atoms with Crippen LogP contribution in [-0.4, -0.2) is 40.3 Å². The van der Waals surface area contributed by atoms with Gasteiger partial charge in [-0.1, -0.05) is 0 Å². The zero-order valence-electron chi connectivity index (χ0n) is 12.0. The van der Waals surface area contributed by atoms with Crippen molar-refractivity contribution >= 4 is 16.8 Å². The average Bonchev–Trinajstić information content (AvgIpc) is 3.00. The van der Waals surface area contributed by atoms with E-state index in [-0.39, 0.29) is 31.2 Å². The summed E-state index contributed by atoms with van der Waals surface area (Å²) in [4.78, 5) is 28.3. The molecule has 2 N–H and O–H groups in total. The zero-order chi connectivity index (χ0) is 15.5. The molecular weight excluding hydrogens is 286 g/mol. The van der Waals surface area contributed by atoms with Crippen molar-refractivity contribution in [3.05, 3.63) is 34.4 Å². The van der Waals surface area contributed by atoms with E-state index in [2.05, 4.69) is 10.3 Å². The molecule has 7 heteroatoms. The van der Waals surface area contributed by atoms with Crippen molar-refractivity contribution in [3.8, 4) is 5.75 Å². The van der Waals surface area contributed by atoms with Gasteiger partial charge in [-0.05, 0) is 24.6 Å². The van der Waals surface area contributed by atoms with Gasteiger partial charge in [-0.25, -0.2) is 4.98 Å². The molecule has 0 radical (unpaired) electrons. The van der Waals surface area contributed by atoms with E-state index in [0.29, 0.717) is 23.2 Å². The van der Waals surface area contributed by atoms with Crippen LogP contribution in [0, 0.1) is 0 Å². The van der Waals surface area contributed by atoms with Crippen molar-refractivity contribution in [2.45, 2.75) is 19.4 Å². The molecule has 0 bridgehead atoms. The van der Waals surface area contributed by atoms with Gasteiger partial charge in [0.05, 0.1) is 17.5 Å². The molecule has 2 aromatic rings. The number of aliphatic hydroxyl groups is 1. The Kier molecular flexibility index (Phi) is 4.06. The molecule has 0 fully saturated rings. The van der Waals surface area contributed by atoms with Crippen LogP contribution < -0.4 is 15.6 Å². The molecule has 1 amide bonds. The van der Waals surface area contributed by atoms with E-state index in [1.165, 1.54) is 0 Å². The highest BCUT2D eigenvalue weighted by molar-refractivity contribution is 5.80. The number of hydrogen-bond donors (Lipinski definition) is 2. The van der Waals surface area contributed by atoms with Gasteiger partial charge < -0.3 is 15.2 Å². The summed E-state index contributed by atoms with van der Waals surface area (Å²) in [6, 6.07) is 5.05. The molecule has 3 rings (SSSR count). The van der Waals surface area contributed by atoms with Crippen molar-refractivity contribution in [2.24, 2.45) is 0 Å². The van der Waals surface area contributed by atoms with Gasteiger partial charge in [0.15, 0.2) is 6.61 Å². The van der Waals surface area contributed by atoms with Gasteiger partial charge >= 0.3 is 0 Å². The minimum absolute atomic E-state index is 0.0623. The van der Waals surface area contributed by atoms with E-state index in [0.717, 1.165) is 18.7 Å². The first-order valence-corrected chi connectivity index (χ1v) is 7.23. The third-order valence-electron chi connectivity index (χ3n) is 3.59. The molecule has 1 aliphatic heterocycles. The second-order valence-corrected chi connectivity index (χ2v) is 5.13. The molecule has 7 nitrogen and oxygen atoms in total. The van der Waals surface area contributed by atoms with Crippen LogP contribution in [0.15, 0.2) is 23.0 Å². The Morgan fingerprint density at radius 3 is 3.14 bits per heavy atom. The Morgan fingerprint density at radius 2 is 2.32 bits per heavy atom. The van der Waals surface area contributed by atoms with Gasteiger partial charge in [0.1, 0.15) is 11.6 Å². The number of aryl methyl sites for hydroxylation is 1. The number of hydrogen-bond acceptors (Lipinski definition) is 5. The first-order valence-electron chi connectivity index (χ1n) is 7.23. The van der Waals surface area contributed by atoms with Crippen LogP contribution in [0.5, 0.6) is 5.75 Å². The molecule has 0 unspecified atom stereocenters. The predicted molar refractivity (Wildman–Crippen MR) is 79.9 cm³/mol. The number of amides is 1. The Labute approximate surface area is 126 Å². The number of nitrogens with zero attached hydrogens (tertiary/aromatic N) is 2. The van der Waals surface area contributed by atoms with E-state index in [1.54, 1.807) is 22.8 Å². The van der Waals surface area contributed by atoms with E-state index < -0.39 is 0 Å². The van der Waals surface area contributed by atoms with Crippen LogP contribution in [0.3, 0.4) is 0 Å². The Balaban J connectivity index is 1.81. The third-order valence-corrected chi connectivity index (χ3v) is 3.59. The second kappa shape index (κ2) is 6.15. The molecule has 1 aromatic carbocycles. The summed E-state index contributed by atoms with van der Waals surface area (Å²) in [6.45, 7) is 0.615. The van der Waals surface area contributed by atoms with Crippen molar-refractivity contribution in [1.29, 1.82) is 0 Å². The fourth-order valence-electron chi connectivity index (χ4n) is 2.55. The average molecular weight is 303 g/mol. The van der Waals surface area contributed by atoms with Crippen molar-refractivity contribution in [1.82, 2.24) is 14.9 Å². The van der Waals surface area contributed by atoms with Gasteiger partial charge in [-0.15, -0.1) is 0 Å². The second-order valence-electron chi connectivity index (χ2n) is 5.13. The Hall–Kier alpha value is -2.41. The minimum atomic E-state index is -0.321. The number of nitrogens with one attached hydrogen (secondary N) is 1. The van der Waals surface area contributed by atoms with Gasteiger partial charge in [0.2, 0.25) is 0 Å². The molecule has 0 aliphatic carbocycles. The normalized spacial score (nSPS) is 13.1. The lowest BCUT2D eigenvalue weighted by Crippen LogP contribution is -2.31. The summed E-state index contributed by atoms with van der Waals surface area (Å²) < 4.78 is 7.07. The molecule has 116 valence electrons. The fraction of sp³-hybridized carbons (Fsp3) is 0.400. The van der Waals surface area contributed by atoms with Crippen molar-refractivity contribution in [3.63, 3.8) is 0 Å². The molecule has 1 aliphatic rings. The number of ether oxygens (including phenoxy) is 1.